The number of aliphatic carboxylic acids is 1. The predicted molar refractivity (Wildman–Crippen MR) is 64.7 cm³/mol. The second-order valence-corrected chi connectivity index (χ2v) is 4.62. The number of hydrogen-bond donors (Lipinski definition) is 2. The zero-order chi connectivity index (χ0) is 13.2. The molecular formula is C12H12ClNO4. The molecule has 0 saturated heterocycles. The highest BCUT2D eigenvalue weighted by atomic mass is 35.5. The molecule has 0 spiro atoms. The van der Waals surface area contributed by atoms with Crippen molar-refractivity contribution in [3.05, 3.63) is 29.3 Å². The molecule has 1 aromatic rings. The predicted octanol–water partition coefficient (Wildman–Crippen LogP) is 1.45. The number of rotatable bonds is 5. The van der Waals surface area contributed by atoms with E-state index in [-0.39, 0.29) is 6.61 Å². The van der Waals surface area contributed by atoms with E-state index in [2.05, 4.69) is 5.32 Å². The lowest BCUT2D eigenvalue weighted by molar-refractivity contribution is -0.143. The Morgan fingerprint density at radius 2 is 2.17 bits per heavy atom. The van der Waals surface area contributed by atoms with Crippen LogP contribution in [0.2, 0.25) is 5.02 Å². The number of carboxylic acid groups (broad SMARTS) is 1. The third kappa shape index (κ3) is 2.92. The van der Waals surface area contributed by atoms with Gasteiger partial charge in [0.2, 0.25) is 0 Å². The number of carboxylic acids is 1. The first kappa shape index (κ1) is 12.7. The lowest BCUT2D eigenvalue weighted by atomic mass is 10.3. The van der Waals surface area contributed by atoms with Crippen LogP contribution in [-0.2, 0) is 9.59 Å². The van der Waals surface area contributed by atoms with Gasteiger partial charge in [0, 0.05) is 5.02 Å². The van der Waals surface area contributed by atoms with Crippen molar-refractivity contribution in [1.29, 1.82) is 0 Å². The fourth-order valence-electron chi connectivity index (χ4n) is 1.53. The van der Waals surface area contributed by atoms with Crippen LogP contribution in [0.5, 0.6) is 5.75 Å². The monoisotopic (exact) mass is 269 g/mol. The molecule has 1 aromatic carbocycles. The molecule has 6 heteroatoms. The van der Waals surface area contributed by atoms with Crippen LogP contribution in [0.15, 0.2) is 24.3 Å². The van der Waals surface area contributed by atoms with Gasteiger partial charge in [0.15, 0.2) is 6.61 Å². The maximum absolute atomic E-state index is 11.5. The van der Waals surface area contributed by atoms with Gasteiger partial charge < -0.3 is 15.2 Å². The second kappa shape index (κ2) is 4.86. The first-order chi connectivity index (χ1) is 8.52. The van der Waals surface area contributed by atoms with E-state index in [1.54, 1.807) is 24.3 Å². The van der Waals surface area contributed by atoms with E-state index >= 15 is 0 Å². The van der Waals surface area contributed by atoms with E-state index in [4.69, 9.17) is 21.4 Å². The normalized spacial score (nSPS) is 15.8. The summed E-state index contributed by atoms with van der Waals surface area (Å²) in [5.74, 6) is -0.980. The van der Waals surface area contributed by atoms with Gasteiger partial charge in [0.05, 0.1) is 0 Å². The molecule has 2 N–H and O–H groups in total. The molecule has 1 saturated carbocycles. The summed E-state index contributed by atoms with van der Waals surface area (Å²) in [5.41, 5.74) is -1.07. The molecule has 5 nitrogen and oxygen atoms in total. The molecule has 18 heavy (non-hydrogen) atoms. The minimum absolute atomic E-state index is 0.227. The van der Waals surface area contributed by atoms with Crippen LogP contribution in [0, 0.1) is 0 Å². The van der Waals surface area contributed by atoms with Gasteiger partial charge in [-0.2, -0.15) is 0 Å². The largest absolute Gasteiger partial charge is 0.484 e. The highest BCUT2D eigenvalue weighted by Gasteiger charge is 2.51. The molecule has 1 aliphatic rings. The average Bonchev–Trinajstić information content (AvgIpc) is 3.08. The maximum Gasteiger partial charge on any atom is 0.329 e. The van der Waals surface area contributed by atoms with Crippen LogP contribution >= 0.6 is 11.6 Å². The lowest BCUT2D eigenvalue weighted by Crippen LogP contribution is -2.45. The molecule has 1 fully saturated rings. The zero-order valence-corrected chi connectivity index (χ0v) is 10.2. The van der Waals surface area contributed by atoms with Crippen molar-refractivity contribution >= 4 is 23.5 Å². The number of carbonyl (C=O) groups is 2. The summed E-state index contributed by atoms with van der Waals surface area (Å²) in [7, 11) is 0. The molecule has 96 valence electrons. The molecule has 0 radical (unpaired) electrons. The van der Waals surface area contributed by atoms with Crippen molar-refractivity contribution in [2.45, 2.75) is 18.4 Å². The standard InChI is InChI=1S/C12H12ClNO4/c13-8-2-1-3-9(6-8)18-7-10(15)14-12(4-5-12)11(16)17/h1-3,6H,4-5,7H2,(H,14,15)(H,16,17). The quantitative estimate of drug-likeness (QED) is 0.848. The molecule has 0 bridgehead atoms. The summed E-state index contributed by atoms with van der Waals surface area (Å²) in [6, 6.07) is 6.65. The van der Waals surface area contributed by atoms with E-state index in [1.807, 2.05) is 0 Å². The summed E-state index contributed by atoms with van der Waals surface area (Å²) in [6.07, 6.45) is 0.927. The van der Waals surface area contributed by atoms with E-state index in [0.717, 1.165) is 0 Å². The Kier molecular flexibility index (Phi) is 3.43. The summed E-state index contributed by atoms with van der Waals surface area (Å²) >= 11 is 5.76. The Labute approximate surface area is 109 Å². The SMILES string of the molecule is O=C(COc1cccc(Cl)c1)NC1(C(=O)O)CC1. The minimum Gasteiger partial charge on any atom is -0.484 e. The van der Waals surface area contributed by atoms with Gasteiger partial charge in [0.1, 0.15) is 11.3 Å². The fraction of sp³-hybridized carbons (Fsp3) is 0.333. The topological polar surface area (TPSA) is 75.6 Å². The van der Waals surface area contributed by atoms with Crippen LogP contribution in [0.3, 0.4) is 0 Å². The van der Waals surface area contributed by atoms with Crippen molar-refractivity contribution in [2.24, 2.45) is 0 Å². The molecule has 1 aliphatic carbocycles. The number of ether oxygens (including phenoxy) is 1. The maximum atomic E-state index is 11.5. The molecule has 0 aromatic heterocycles. The number of nitrogens with one attached hydrogen (secondary N) is 1. The van der Waals surface area contributed by atoms with Crippen molar-refractivity contribution in [3.63, 3.8) is 0 Å². The summed E-state index contributed by atoms with van der Waals surface area (Å²) in [6.45, 7) is -0.227. The third-order valence-electron chi connectivity index (χ3n) is 2.70. The van der Waals surface area contributed by atoms with Crippen molar-refractivity contribution in [1.82, 2.24) is 5.32 Å². The Bertz CT molecular complexity index is 485. The molecule has 0 aliphatic heterocycles. The number of benzene rings is 1. The fourth-order valence-corrected chi connectivity index (χ4v) is 1.71. The smallest absolute Gasteiger partial charge is 0.329 e. The second-order valence-electron chi connectivity index (χ2n) is 4.18. The Hall–Kier alpha value is -1.75. The number of amides is 1. The Balaban J connectivity index is 1.84. The van der Waals surface area contributed by atoms with Crippen LogP contribution < -0.4 is 10.1 Å². The van der Waals surface area contributed by atoms with Crippen LogP contribution in [-0.4, -0.2) is 29.1 Å². The lowest BCUT2D eigenvalue weighted by Gasteiger charge is -2.12. The highest BCUT2D eigenvalue weighted by Crippen LogP contribution is 2.35. The molecule has 2 rings (SSSR count). The number of halogens is 1. The summed E-state index contributed by atoms with van der Waals surface area (Å²) < 4.78 is 5.21. The average molecular weight is 270 g/mol. The van der Waals surface area contributed by atoms with Crippen molar-refractivity contribution in [2.75, 3.05) is 6.61 Å². The van der Waals surface area contributed by atoms with Gasteiger partial charge in [-0.25, -0.2) is 4.79 Å². The molecule has 0 heterocycles. The number of hydrogen-bond acceptors (Lipinski definition) is 3. The van der Waals surface area contributed by atoms with Crippen LogP contribution in [0.25, 0.3) is 0 Å². The van der Waals surface area contributed by atoms with Gasteiger partial charge in [-0.3, -0.25) is 4.79 Å². The van der Waals surface area contributed by atoms with E-state index in [9.17, 15) is 9.59 Å². The van der Waals surface area contributed by atoms with Gasteiger partial charge in [-0.05, 0) is 31.0 Å². The molecule has 1 amide bonds. The van der Waals surface area contributed by atoms with Gasteiger partial charge in [-0.1, -0.05) is 17.7 Å². The minimum atomic E-state index is -1.07. The van der Waals surface area contributed by atoms with E-state index in [1.165, 1.54) is 0 Å². The van der Waals surface area contributed by atoms with Crippen molar-refractivity contribution in [3.8, 4) is 5.75 Å². The Morgan fingerprint density at radius 1 is 1.44 bits per heavy atom. The highest BCUT2D eigenvalue weighted by molar-refractivity contribution is 6.30. The van der Waals surface area contributed by atoms with Gasteiger partial charge in [0.25, 0.3) is 5.91 Å². The molecule has 0 unspecified atom stereocenters. The molecular weight excluding hydrogens is 258 g/mol. The van der Waals surface area contributed by atoms with E-state index in [0.29, 0.717) is 23.6 Å². The first-order valence-corrected chi connectivity index (χ1v) is 5.82. The van der Waals surface area contributed by atoms with Gasteiger partial charge in [-0.15, -0.1) is 0 Å². The first-order valence-electron chi connectivity index (χ1n) is 5.45. The van der Waals surface area contributed by atoms with Crippen LogP contribution in [0.4, 0.5) is 0 Å². The Morgan fingerprint density at radius 3 is 2.72 bits per heavy atom. The molecule has 0 atom stereocenters. The third-order valence-corrected chi connectivity index (χ3v) is 2.94. The van der Waals surface area contributed by atoms with Gasteiger partial charge >= 0.3 is 5.97 Å². The number of carbonyl (C=O) groups excluding carboxylic acids is 1. The zero-order valence-electron chi connectivity index (χ0n) is 9.48. The summed E-state index contributed by atoms with van der Waals surface area (Å²) in [5, 5.41) is 11.9. The van der Waals surface area contributed by atoms with Crippen molar-refractivity contribution < 1.29 is 19.4 Å². The summed E-state index contributed by atoms with van der Waals surface area (Å²) in [4.78, 5) is 22.4. The van der Waals surface area contributed by atoms with E-state index < -0.39 is 17.4 Å². The van der Waals surface area contributed by atoms with Crippen LogP contribution in [0.1, 0.15) is 12.8 Å².